The molecule has 9 nitrogen and oxygen atoms in total. The zero-order valence-electron chi connectivity index (χ0n) is 19.9. The van der Waals surface area contributed by atoms with E-state index in [0.717, 1.165) is 40.2 Å². The summed E-state index contributed by atoms with van der Waals surface area (Å²) in [6.45, 7) is 3.54. The summed E-state index contributed by atoms with van der Waals surface area (Å²) in [6.07, 6.45) is -2.58. The van der Waals surface area contributed by atoms with Gasteiger partial charge in [0.2, 0.25) is 9.97 Å². The van der Waals surface area contributed by atoms with E-state index in [1.54, 1.807) is 16.3 Å². The third-order valence-electron chi connectivity index (χ3n) is 5.75. The van der Waals surface area contributed by atoms with Crippen LogP contribution in [0.15, 0.2) is 24.4 Å². The summed E-state index contributed by atoms with van der Waals surface area (Å²) in [5.41, 5.74) is 0.530. The highest BCUT2D eigenvalue weighted by Crippen LogP contribution is 2.39. The van der Waals surface area contributed by atoms with Gasteiger partial charge in [-0.05, 0) is 32.0 Å². The van der Waals surface area contributed by atoms with E-state index < -0.39 is 36.3 Å². The molecule has 200 valence electrons. The number of ether oxygens (including phenoxy) is 2. The fraction of sp³-hybridized carbons (Fsp3) is 0.348. The van der Waals surface area contributed by atoms with E-state index in [0.29, 0.717) is 22.0 Å². The number of thiazole rings is 1. The number of carbonyl (C=O) groups is 2. The lowest BCUT2D eigenvalue weighted by atomic mass is 10.0. The molecule has 0 spiro atoms. The van der Waals surface area contributed by atoms with Crippen molar-refractivity contribution in [2.75, 3.05) is 19.8 Å². The first kappa shape index (κ1) is 26.4. The van der Waals surface area contributed by atoms with Crippen LogP contribution in [0.1, 0.15) is 49.6 Å². The van der Waals surface area contributed by atoms with Crippen LogP contribution in [0.5, 0.6) is 5.75 Å². The molecule has 4 aromatic rings. The van der Waals surface area contributed by atoms with Crippen LogP contribution in [-0.2, 0) is 22.1 Å². The van der Waals surface area contributed by atoms with Crippen LogP contribution in [0.4, 0.5) is 13.2 Å². The molecule has 0 aliphatic carbocycles. The lowest BCUT2D eigenvalue weighted by molar-refractivity contribution is -0.138. The average Bonchev–Trinajstić information content (AvgIpc) is 3.56. The number of hydrogen-bond donors (Lipinski definition) is 0. The number of nitrogens with zero attached hydrogens (tertiary/aromatic N) is 5. The number of fused-ring (bicyclic) bond motifs is 3. The first-order chi connectivity index (χ1) is 18.1. The molecule has 0 fully saturated rings. The Labute approximate surface area is 226 Å². The van der Waals surface area contributed by atoms with Gasteiger partial charge in [0.1, 0.15) is 16.8 Å². The molecular weight excluding hydrogens is 567 g/mol. The highest BCUT2D eigenvalue weighted by Gasteiger charge is 2.38. The van der Waals surface area contributed by atoms with Crippen molar-refractivity contribution < 1.29 is 32.2 Å². The fourth-order valence-electron chi connectivity index (χ4n) is 4.14. The molecule has 15 heteroatoms. The van der Waals surface area contributed by atoms with Gasteiger partial charge in [-0.3, -0.25) is 4.79 Å². The van der Waals surface area contributed by atoms with Crippen LogP contribution in [-0.4, -0.2) is 56.1 Å². The molecule has 0 saturated carbocycles. The molecule has 1 aliphatic rings. The third kappa shape index (κ3) is 4.95. The van der Waals surface area contributed by atoms with Gasteiger partial charge in [0.05, 0.1) is 33.5 Å². The Kier molecular flexibility index (Phi) is 7.05. The quantitative estimate of drug-likeness (QED) is 0.295. The minimum Gasteiger partial charge on any atom is -0.482 e. The summed E-state index contributed by atoms with van der Waals surface area (Å²) in [7, 11) is 0. The van der Waals surface area contributed by atoms with E-state index in [1.807, 2.05) is 6.92 Å². The highest BCUT2D eigenvalue weighted by molar-refractivity contribution is 7.16. The summed E-state index contributed by atoms with van der Waals surface area (Å²) in [5.74, 6) is -1.06. The molecule has 3 aromatic heterocycles. The van der Waals surface area contributed by atoms with Gasteiger partial charge in [-0.1, -0.05) is 22.9 Å². The van der Waals surface area contributed by atoms with E-state index in [9.17, 15) is 22.8 Å². The van der Waals surface area contributed by atoms with Crippen molar-refractivity contribution in [2.45, 2.75) is 32.5 Å². The average molecular weight is 586 g/mol. The van der Waals surface area contributed by atoms with Crippen molar-refractivity contribution in [3.8, 4) is 5.75 Å². The molecule has 1 atom stereocenters. The van der Waals surface area contributed by atoms with Crippen molar-refractivity contribution in [3.05, 3.63) is 61.3 Å². The Morgan fingerprint density at radius 3 is 2.76 bits per heavy atom. The van der Waals surface area contributed by atoms with Crippen LogP contribution in [0, 0.1) is 6.92 Å². The Hall–Kier alpha value is -3.23. The zero-order chi connectivity index (χ0) is 27.2. The number of aryl methyl sites for hydroxylation is 1. The standard InChI is InChI=1S/C23H19ClF3N5O4S2/c1-3-35-21(34)20-28-9-16(38-20)19-18-14(29-22-32(18)30-11(2)37-22)6-7-31(19)17(33)10-36-15-5-4-12(8-13(15)24)23(25,26)27/h4-5,8-9,19H,3,6-7,10H2,1-2H3. The number of imidazole rings is 1. The van der Waals surface area contributed by atoms with Crippen LogP contribution in [0.3, 0.4) is 0 Å². The largest absolute Gasteiger partial charge is 0.482 e. The number of amides is 1. The second-order valence-corrected chi connectivity index (χ2v) is 10.8. The molecule has 0 radical (unpaired) electrons. The number of esters is 1. The van der Waals surface area contributed by atoms with Crippen LogP contribution < -0.4 is 4.74 Å². The molecule has 1 unspecified atom stereocenters. The minimum absolute atomic E-state index is 0.0495. The van der Waals surface area contributed by atoms with E-state index in [-0.39, 0.29) is 28.9 Å². The molecule has 0 saturated heterocycles. The lowest BCUT2D eigenvalue weighted by Gasteiger charge is -2.34. The summed E-state index contributed by atoms with van der Waals surface area (Å²) < 4.78 is 51.1. The molecule has 5 rings (SSSR count). The van der Waals surface area contributed by atoms with Gasteiger partial charge >= 0.3 is 12.1 Å². The number of carbonyl (C=O) groups excluding carboxylic acids is 2. The van der Waals surface area contributed by atoms with E-state index in [1.165, 1.54) is 17.5 Å². The lowest BCUT2D eigenvalue weighted by Crippen LogP contribution is -2.43. The SMILES string of the molecule is CCOC(=O)c1ncc(C2c3c(nc4sc(C)nn34)CCN2C(=O)COc2ccc(C(F)(F)F)cc2Cl)s1. The molecule has 0 N–H and O–H groups in total. The second-order valence-electron chi connectivity index (χ2n) is 8.22. The summed E-state index contributed by atoms with van der Waals surface area (Å²) in [5, 5.41) is 5.21. The number of alkyl halides is 3. The van der Waals surface area contributed by atoms with Crippen LogP contribution in [0.25, 0.3) is 4.96 Å². The van der Waals surface area contributed by atoms with Crippen LogP contribution in [0.2, 0.25) is 5.02 Å². The molecule has 38 heavy (non-hydrogen) atoms. The molecule has 4 heterocycles. The Morgan fingerprint density at radius 1 is 1.26 bits per heavy atom. The van der Waals surface area contributed by atoms with E-state index >= 15 is 0 Å². The molecule has 1 aromatic carbocycles. The smallest absolute Gasteiger partial charge is 0.416 e. The summed E-state index contributed by atoms with van der Waals surface area (Å²) in [4.78, 5) is 37.4. The fourth-order valence-corrected chi connectivity index (χ4v) is 6.07. The van der Waals surface area contributed by atoms with E-state index in [2.05, 4.69) is 15.1 Å². The van der Waals surface area contributed by atoms with Gasteiger partial charge in [-0.2, -0.15) is 18.3 Å². The highest BCUT2D eigenvalue weighted by atomic mass is 35.5. The Morgan fingerprint density at radius 2 is 2.05 bits per heavy atom. The number of halogens is 4. The van der Waals surface area contributed by atoms with Crippen molar-refractivity contribution in [3.63, 3.8) is 0 Å². The summed E-state index contributed by atoms with van der Waals surface area (Å²) >= 11 is 8.50. The van der Waals surface area contributed by atoms with Gasteiger partial charge < -0.3 is 14.4 Å². The second kappa shape index (κ2) is 10.2. The maximum absolute atomic E-state index is 13.4. The monoisotopic (exact) mass is 585 g/mol. The molecule has 1 amide bonds. The van der Waals surface area contributed by atoms with E-state index in [4.69, 9.17) is 21.1 Å². The number of aromatic nitrogens is 4. The van der Waals surface area contributed by atoms with Gasteiger partial charge in [-0.25, -0.2) is 19.3 Å². The van der Waals surface area contributed by atoms with Crippen molar-refractivity contribution in [1.82, 2.24) is 24.5 Å². The van der Waals surface area contributed by atoms with Gasteiger partial charge in [0, 0.05) is 19.2 Å². The normalized spacial score (nSPS) is 15.5. The van der Waals surface area contributed by atoms with Crippen molar-refractivity contribution in [1.29, 1.82) is 0 Å². The maximum atomic E-state index is 13.4. The summed E-state index contributed by atoms with van der Waals surface area (Å²) in [6, 6.07) is 2.00. The number of rotatable bonds is 6. The number of hydrogen-bond acceptors (Lipinski definition) is 9. The van der Waals surface area contributed by atoms with Crippen molar-refractivity contribution >= 4 is 51.1 Å². The van der Waals surface area contributed by atoms with Gasteiger partial charge in [0.15, 0.2) is 6.61 Å². The van der Waals surface area contributed by atoms with Crippen LogP contribution >= 0.6 is 34.3 Å². The van der Waals surface area contributed by atoms with Gasteiger partial charge in [0.25, 0.3) is 5.91 Å². The molecule has 0 bridgehead atoms. The molecule has 1 aliphatic heterocycles. The maximum Gasteiger partial charge on any atom is 0.416 e. The first-order valence-corrected chi connectivity index (χ1v) is 13.3. The molecular formula is C23H19ClF3N5O4S2. The predicted octanol–water partition coefficient (Wildman–Crippen LogP) is 4.96. The van der Waals surface area contributed by atoms with Crippen molar-refractivity contribution in [2.24, 2.45) is 0 Å². The Bertz CT molecular complexity index is 1530. The number of benzene rings is 1. The predicted molar refractivity (Wildman–Crippen MR) is 133 cm³/mol. The Balaban J connectivity index is 1.46. The topological polar surface area (TPSA) is 98.9 Å². The zero-order valence-corrected chi connectivity index (χ0v) is 22.3. The van der Waals surface area contributed by atoms with Gasteiger partial charge in [-0.15, -0.1) is 11.3 Å². The third-order valence-corrected chi connectivity index (χ3v) is 7.90. The first-order valence-electron chi connectivity index (χ1n) is 11.3. The minimum atomic E-state index is -4.56.